The minimum Gasteiger partial charge on any atom is -0.465 e. The lowest BCUT2D eigenvalue weighted by molar-refractivity contribution is -0.141. The van der Waals surface area contributed by atoms with E-state index in [9.17, 15) is 4.79 Å². The van der Waals surface area contributed by atoms with Crippen LogP contribution in [-0.4, -0.2) is 30.9 Å². The molecule has 5 heteroatoms. The van der Waals surface area contributed by atoms with Gasteiger partial charge in [-0.15, -0.1) is 0 Å². The van der Waals surface area contributed by atoms with E-state index in [0.717, 1.165) is 11.0 Å². The van der Waals surface area contributed by atoms with Crippen molar-refractivity contribution in [3.05, 3.63) is 29.8 Å². The van der Waals surface area contributed by atoms with Crippen LogP contribution in [0.3, 0.4) is 0 Å². The van der Waals surface area contributed by atoms with Gasteiger partial charge in [0.25, 0.3) is 0 Å². The molecule has 1 heterocycles. The molecular weight excluding hydrogens is 291 g/mol. The van der Waals surface area contributed by atoms with Crippen molar-refractivity contribution in [1.29, 1.82) is 0 Å². The number of rotatable bonds is 3. The van der Waals surface area contributed by atoms with Gasteiger partial charge in [0.1, 0.15) is 6.42 Å². The van der Waals surface area contributed by atoms with Gasteiger partial charge in [-0.1, -0.05) is 24.0 Å². The minimum atomic E-state index is -0.374. The quantitative estimate of drug-likeness (QED) is 0.488. The molecule has 0 atom stereocenters. The van der Waals surface area contributed by atoms with Crippen molar-refractivity contribution in [3.63, 3.8) is 0 Å². The standard InChI is InChI=1S/C18H23BO4/c1-6-21-16(20)9-7-8-14-10-12-15(13-11-14)19-22-17(2,3)18(4,5)23-19/h10-13H,6,9H2,1-5H3. The summed E-state index contributed by atoms with van der Waals surface area (Å²) in [7, 11) is -0.374. The predicted octanol–water partition coefficient (Wildman–Crippen LogP) is 2.29. The van der Waals surface area contributed by atoms with Crippen molar-refractivity contribution < 1.29 is 18.8 Å². The molecular formula is C18H23BO4. The van der Waals surface area contributed by atoms with Gasteiger partial charge in [-0.05, 0) is 52.2 Å². The Kier molecular flexibility index (Phi) is 5.18. The van der Waals surface area contributed by atoms with Crippen molar-refractivity contribution in [3.8, 4) is 11.8 Å². The third-order valence-corrected chi connectivity index (χ3v) is 4.21. The van der Waals surface area contributed by atoms with Crippen LogP contribution in [0.25, 0.3) is 0 Å². The van der Waals surface area contributed by atoms with Gasteiger partial charge in [-0.2, -0.15) is 0 Å². The van der Waals surface area contributed by atoms with Crippen molar-refractivity contribution in [2.24, 2.45) is 0 Å². The maximum Gasteiger partial charge on any atom is 0.494 e. The van der Waals surface area contributed by atoms with E-state index >= 15 is 0 Å². The third-order valence-electron chi connectivity index (χ3n) is 4.21. The Bertz CT molecular complexity index is 607. The van der Waals surface area contributed by atoms with Crippen LogP contribution in [0.1, 0.15) is 46.6 Å². The van der Waals surface area contributed by atoms with Gasteiger partial charge in [0, 0.05) is 5.56 Å². The van der Waals surface area contributed by atoms with Crippen LogP contribution in [0.5, 0.6) is 0 Å². The lowest BCUT2D eigenvalue weighted by Gasteiger charge is -2.32. The van der Waals surface area contributed by atoms with Crippen LogP contribution in [0.15, 0.2) is 24.3 Å². The molecule has 0 unspecified atom stereocenters. The Hall–Kier alpha value is -1.77. The molecule has 0 aromatic heterocycles. The Morgan fingerprint density at radius 3 is 2.22 bits per heavy atom. The first kappa shape index (κ1) is 17.6. The van der Waals surface area contributed by atoms with Gasteiger partial charge in [0.15, 0.2) is 0 Å². The van der Waals surface area contributed by atoms with E-state index in [-0.39, 0.29) is 30.7 Å². The highest BCUT2D eigenvalue weighted by Gasteiger charge is 2.51. The highest BCUT2D eigenvalue weighted by atomic mass is 16.7. The molecule has 0 aliphatic carbocycles. The molecule has 1 aromatic rings. The Labute approximate surface area is 138 Å². The fourth-order valence-electron chi connectivity index (χ4n) is 2.13. The van der Waals surface area contributed by atoms with Crippen molar-refractivity contribution in [2.45, 2.75) is 52.2 Å². The number of carbonyl (C=O) groups excluding carboxylic acids is 1. The highest BCUT2D eigenvalue weighted by molar-refractivity contribution is 6.62. The zero-order valence-corrected chi connectivity index (χ0v) is 14.4. The topological polar surface area (TPSA) is 44.8 Å². The molecule has 4 nitrogen and oxygen atoms in total. The SMILES string of the molecule is CCOC(=O)CC#Cc1ccc(B2OC(C)(C)C(C)(C)O2)cc1. The third kappa shape index (κ3) is 4.16. The average Bonchev–Trinajstić information content (AvgIpc) is 2.68. The van der Waals surface area contributed by atoms with Crippen LogP contribution in [0.2, 0.25) is 0 Å². The highest BCUT2D eigenvalue weighted by Crippen LogP contribution is 2.36. The molecule has 0 radical (unpaired) electrons. The molecule has 0 spiro atoms. The van der Waals surface area contributed by atoms with Gasteiger partial charge in [-0.25, -0.2) is 0 Å². The molecule has 0 N–H and O–H groups in total. The first-order valence-electron chi connectivity index (χ1n) is 7.85. The summed E-state index contributed by atoms with van der Waals surface area (Å²) in [5.41, 5.74) is 1.10. The maximum atomic E-state index is 11.2. The normalized spacial score (nSPS) is 18.2. The van der Waals surface area contributed by atoms with E-state index in [4.69, 9.17) is 14.0 Å². The van der Waals surface area contributed by atoms with Crippen molar-refractivity contribution >= 4 is 18.6 Å². The van der Waals surface area contributed by atoms with Crippen LogP contribution in [-0.2, 0) is 18.8 Å². The van der Waals surface area contributed by atoms with E-state index in [0.29, 0.717) is 6.61 Å². The Morgan fingerprint density at radius 1 is 1.13 bits per heavy atom. The minimum absolute atomic E-state index is 0.104. The molecule has 23 heavy (non-hydrogen) atoms. The molecule has 1 saturated heterocycles. The molecule has 2 rings (SSSR count). The van der Waals surface area contributed by atoms with Crippen molar-refractivity contribution in [2.75, 3.05) is 6.61 Å². The molecule has 0 amide bonds. The number of hydrogen-bond acceptors (Lipinski definition) is 4. The second-order valence-electron chi connectivity index (χ2n) is 6.49. The summed E-state index contributed by atoms with van der Waals surface area (Å²) >= 11 is 0. The summed E-state index contributed by atoms with van der Waals surface area (Å²) in [6, 6.07) is 7.68. The van der Waals surface area contributed by atoms with Crippen LogP contribution in [0.4, 0.5) is 0 Å². The molecule has 1 fully saturated rings. The number of benzene rings is 1. The lowest BCUT2D eigenvalue weighted by Crippen LogP contribution is -2.41. The number of esters is 1. The van der Waals surface area contributed by atoms with Gasteiger partial charge in [0.05, 0.1) is 17.8 Å². The summed E-state index contributed by atoms with van der Waals surface area (Å²) in [6.07, 6.45) is 0.104. The summed E-state index contributed by atoms with van der Waals surface area (Å²) in [5, 5.41) is 0. The first-order valence-corrected chi connectivity index (χ1v) is 7.85. The molecule has 0 bridgehead atoms. The van der Waals surface area contributed by atoms with Gasteiger partial charge in [-0.3, -0.25) is 4.79 Å². The van der Waals surface area contributed by atoms with E-state index in [2.05, 4.69) is 11.8 Å². The van der Waals surface area contributed by atoms with Gasteiger partial charge >= 0.3 is 13.1 Å². The maximum absolute atomic E-state index is 11.2. The average molecular weight is 314 g/mol. The molecule has 1 aliphatic heterocycles. The fourth-order valence-corrected chi connectivity index (χ4v) is 2.13. The Morgan fingerprint density at radius 2 is 1.70 bits per heavy atom. The summed E-state index contributed by atoms with van der Waals surface area (Å²) in [4.78, 5) is 11.2. The van der Waals surface area contributed by atoms with Gasteiger partial charge in [0.2, 0.25) is 0 Å². The van der Waals surface area contributed by atoms with E-state index in [1.165, 1.54) is 0 Å². The monoisotopic (exact) mass is 314 g/mol. The van der Waals surface area contributed by atoms with Crippen LogP contribution >= 0.6 is 0 Å². The van der Waals surface area contributed by atoms with Crippen LogP contribution in [0, 0.1) is 11.8 Å². The molecule has 1 aliphatic rings. The second kappa shape index (κ2) is 6.78. The largest absolute Gasteiger partial charge is 0.494 e. The Balaban J connectivity index is 2.01. The summed E-state index contributed by atoms with van der Waals surface area (Å²) < 4.78 is 16.9. The zero-order chi connectivity index (χ0) is 17.1. The van der Waals surface area contributed by atoms with E-state index in [1.807, 2.05) is 52.0 Å². The van der Waals surface area contributed by atoms with E-state index < -0.39 is 0 Å². The van der Waals surface area contributed by atoms with Crippen LogP contribution < -0.4 is 5.46 Å². The summed E-state index contributed by atoms with van der Waals surface area (Å²) in [6.45, 7) is 10.3. The molecule has 1 aromatic carbocycles. The molecule has 122 valence electrons. The zero-order valence-electron chi connectivity index (χ0n) is 14.4. The first-order chi connectivity index (χ1) is 10.7. The predicted molar refractivity (Wildman–Crippen MR) is 90.3 cm³/mol. The number of ether oxygens (including phenoxy) is 1. The van der Waals surface area contributed by atoms with Gasteiger partial charge < -0.3 is 14.0 Å². The lowest BCUT2D eigenvalue weighted by atomic mass is 9.79. The number of hydrogen-bond donors (Lipinski definition) is 0. The second-order valence-corrected chi connectivity index (χ2v) is 6.49. The summed E-state index contributed by atoms with van der Waals surface area (Å²) in [5.74, 6) is 5.47. The smallest absolute Gasteiger partial charge is 0.465 e. The van der Waals surface area contributed by atoms with Crippen molar-refractivity contribution in [1.82, 2.24) is 0 Å². The van der Waals surface area contributed by atoms with E-state index in [1.54, 1.807) is 6.92 Å². The number of carbonyl (C=O) groups is 1. The fraction of sp³-hybridized carbons (Fsp3) is 0.500. The molecule has 0 saturated carbocycles.